The van der Waals surface area contributed by atoms with E-state index in [1.165, 1.54) is 11.8 Å². The number of methoxy groups -OCH3 is 1. The molecule has 1 aliphatic heterocycles. The van der Waals surface area contributed by atoms with Crippen LogP contribution in [0.15, 0.2) is 64.8 Å². The molecule has 0 radical (unpaired) electrons. The SMILES string of the molecule is CCOC(=O)C1=C(C)NC(SCC(=O)Nc2ccc(OC)cc2)=N[C@@H]1c1ccccc1OCC. The van der Waals surface area contributed by atoms with E-state index < -0.39 is 12.0 Å². The second-order valence-corrected chi connectivity index (χ2v) is 8.22. The molecular formula is C25H29N3O5S. The number of hydrogen-bond donors (Lipinski definition) is 2. The Hall–Kier alpha value is -3.46. The smallest absolute Gasteiger partial charge is 0.338 e. The van der Waals surface area contributed by atoms with Crippen LogP contribution < -0.4 is 20.1 Å². The van der Waals surface area contributed by atoms with Crippen molar-refractivity contribution < 1.29 is 23.8 Å². The summed E-state index contributed by atoms with van der Waals surface area (Å²) in [4.78, 5) is 30.0. The van der Waals surface area contributed by atoms with Gasteiger partial charge in [-0.2, -0.15) is 0 Å². The Bertz CT molecular complexity index is 1080. The number of ether oxygens (including phenoxy) is 3. The van der Waals surface area contributed by atoms with E-state index in [4.69, 9.17) is 19.2 Å². The van der Waals surface area contributed by atoms with E-state index in [0.29, 0.717) is 40.2 Å². The lowest BCUT2D eigenvalue weighted by molar-refractivity contribution is -0.139. The summed E-state index contributed by atoms with van der Waals surface area (Å²) in [6.07, 6.45) is 0. The molecule has 1 amide bonds. The molecule has 0 saturated carbocycles. The number of nitrogens with one attached hydrogen (secondary N) is 2. The maximum atomic E-state index is 12.8. The van der Waals surface area contributed by atoms with Gasteiger partial charge in [0.05, 0.1) is 31.6 Å². The van der Waals surface area contributed by atoms with Gasteiger partial charge >= 0.3 is 5.97 Å². The Morgan fingerprint density at radius 2 is 1.82 bits per heavy atom. The van der Waals surface area contributed by atoms with E-state index in [2.05, 4.69) is 10.6 Å². The quantitative estimate of drug-likeness (QED) is 0.513. The topological polar surface area (TPSA) is 98.2 Å². The van der Waals surface area contributed by atoms with Gasteiger partial charge in [-0.25, -0.2) is 9.79 Å². The maximum absolute atomic E-state index is 12.8. The van der Waals surface area contributed by atoms with Crippen molar-refractivity contribution in [2.75, 3.05) is 31.4 Å². The van der Waals surface area contributed by atoms with Gasteiger partial charge in [0, 0.05) is 16.9 Å². The van der Waals surface area contributed by atoms with Crippen molar-refractivity contribution in [1.29, 1.82) is 0 Å². The lowest BCUT2D eigenvalue weighted by Crippen LogP contribution is -2.31. The van der Waals surface area contributed by atoms with Crippen LogP contribution in [-0.2, 0) is 14.3 Å². The van der Waals surface area contributed by atoms with Crippen LogP contribution in [0.5, 0.6) is 11.5 Å². The molecule has 2 N–H and O–H groups in total. The van der Waals surface area contributed by atoms with Gasteiger partial charge in [0.2, 0.25) is 5.91 Å². The first-order valence-corrected chi connectivity index (χ1v) is 12.0. The number of rotatable bonds is 9. The van der Waals surface area contributed by atoms with Crippen molar-refractivity contribution in [3.63, 3.8) is 0 Å². The normalized spacial score (nSPS) is 15.2. The first-order chi connectivity index (χ1) is 16.5. The monoisotopic (exact) mass is 483 g/mol. The average molecular weight is 484 g/mol. The summed E-state index contributed by atoms with van der Waals surface area (Å²) in [7, 11) is 1.59. The number of benzene rings is 2. The average Bonchev–Trinajstić information content (AvgIpc) is 2.83. The van der Waals surface area contributed by atoms with Crippen molar-refractivity contribution in [3.8, 4) is 11.5 Å². The number of allylic oxidation sites excluding steroid dienone is 1. The lowest BCUT2D eigenvalue weighted by Gasteiger charge is -2.26. The molecule has 180 valence electrons. The van der Waals surface area contributed by atoms with Crippen LogP contribution in [0.25, 0.3) is 0 Å². The first-order valence-electron chi connectivity index (χ1n) is 11.0. The number of aliphatic imine (C=N–C) groups is 1. The minimum absolute atomic E-state index is 0.139. The lowest BCUT2D eigenvalue weighted by atomic mass is 9.96. The van der Waals surface area contributed by atoms with Gasteiger partial charge in [-0.1, -0.05) is 30.0 Å². The Morgan fingerprint density at radius 3 is 2.50 bits per heavy atom. The van der Waals surface area contributed by atoms with E-state index in [1.807, 2.05) is 31.2 Å². The number of amidine groups is 1. The first kappa shape index (κ1) is 25.2. The van der Waals surface area contributed by atoms with E-state index in [1.54, 1.807) is 45.2 Å². The summed E-state index contributed by atoms with van der Waals surface area (Å²) in [5.74, 6) is 0.889. The largest absolute Gasteiger partial charge is 0.497 e. The molecule has 0 aliphatic carbocycles. The van der Waals surface area contributed by atoms with Gasteiger partial charge in [-0.3, -0.25) is 4.79 Å². The zero-order valence-corrected chi connectivity index (χ0v) is 20.5. The van der Waals surface area contributed by atoms with Crippen LogP contribution >= 0.6 is 11.8 Å². The van der Waals surface area contributed by atoms with Gasteiger partial charge in [-0.15, -0.1) is 0 Å². The summed E-state index contributed by atoms with van der Waals surface area (Å²) >= 11 is 1.26. The van der Waals surface area contributed by atoms with Crippen LogP contribution in [0.1, 0.15) is 32.4 Å². The van der Waals surface area contributed by atoms with E-state index >= 15 is 0 Å². The number of nitrogens with zero attached hydrogens (tertiary/aromatic N) is 1. The fourth-order valence-electron chi connectivity index (χ4n) is 3.42. The molecule has 0 spiro atoms. The molecule has 9 heteroatoms. The summed E-state index contributed by atoms with van der Waals surface area (Å²) in [6.45, 7) is 6.20. The highest BCUT2D eigenvalue weighted by Crippen LogP contribution is 2.37. The predicted octanol–water partition coefficient (Wildman–Crippen LogP) is 4.30. The van der Waals surface area contributed by atoms with E-state index in [0.717, 1.165) is 5.56 Å². The molecule has 1 atom stereocenters. The number of carbonyl (C=O) groups is 2. The number of carbonyl (C=O) groups excluding carboxylic acids is 2. The van der Waals surface area contributed by atoms with Crippen LogP contribution in [0.3, 0.4) is 0 Å². The predicted molar refractivity (Wildman–Crippen MR) is 134 cm³/mol. The molecule has 0 saturated heterocycles. The van der Waals surface area contributed by atoms with Gasteiger partial charge in [-0.05, 0) is 51.1 Å². The zero-order chi connectivity index (χ0) is 24.5. The fraction of sp³-hybridized carbons (Fsp3) is 0.320. The molecule has 3 rings (SSSR count). The summed E-state index contributed by atoms with van der Waals surface area (Å²) in [5, 5.41) is 6.53. The number of amides is 1. The molecule has 0 fully saturated rings. The number of esters is 1. The Kier molecular flexibility index (Phi) is 8.98. The minimum atomic E-state index is -0.616. The molecule has 1 aliphatic rings. The van der Waals surface area contributed by atoms with Gasteiger partial charge in [0.1, 0.15) is 17.5 Å². The molecule has 8 nitrogen and oxygen atoms in total. The van der Waals surface area contributed by atoms with Crippen molar-refractivity contribution >= 4 is 34.5 Å². The third-order valence-electron chi connectivity index (χ3n) is 4.94. The fourth-order valence-corrected chi connectivity index (χ4v) is 4.16. The summed E-state index contributed by atoms with van der Waals surface area (Å²) < 4.78 is 16.2. The molecular weight excluding hydrogens is 454 g/mol. The Balaban J connectivity index is 1.79. The van der Waals surface area contributed by atoms with Crippen LogP contribution in [0.2, 0.25) is 0 Å². The molecule has 0 aromatic heterocycles. The summed E-state index contributed by atoms with van der Waals surface area (Å²) in [5.41, 5.74) is 2.48. The highest BCUT2D eigenvalue weighted by Gasteiger charge is 2.32. The van der Waals surface area contributed by atoms with Crippen molar-refractivity contribution in [2.45, 2.75) is 26.8 Å². The van der Waals surface area contributed by atoms with Crippen LogP contribution in [-0.4, -0.2) is 43.1 Å². The van der Waals surface area contributed by atoms with E-state index in [-0.39, 0.29) is 18.3 Å². The van der Waals surface area contributed by atoms with E-state index in [9.17, 15) is 9.59 Å². The molecule has 2 aromatic carbocycles. The molecule has 34 heavy (non-hydrogen) atoms. The minimum Gasteiger partial charge on any atom is -0.497 e. The molecule has 1 heterocycles. The highest BCUT2D eigenvalue weighted by molar-refractivity contribution is 8.14. The third-order valence-corrected chi connectivity index (χ3v) is 5.83. The maximum Gasteiger partial charge on any atom is 0.338 e. The van der Waals surface area contributed by atoms with Crippen molar-refractivity contribution in [3.05, 3.63) is 65.4 Å². The van der Waals surface area contributed by atoms with Gasteiger partial charge in [0.25, 0.3) is 0 Å². The standard InChI is InChI=1S/C25H29N3O5S/c1-5-32-20-10-8-7-9-19(20)23-22(24(30)33-6-2)16(3)26-25(28-23)34-15-21(29)27-17-11-13-18(31-4)14-12-17/h7-14,23H,5-6,15H2,1-4H3,(H,26,28)(H,27,29)/t23-/m1/s1. The Labute approximate surface area is 203 Å². The van der Waals surface area contributed by atoms with Gasteiger partial charge < -0.3 is 24.8 Å². The summed E-state index contributed by atoms with van der Waals surface area (Å²) in [6, 6.07) is 14.0. The zero-order valence-electron chi connectivity index (χ0n) is 19.7. The molecule has 0 bridgehead atoms. The second-order valence-electron chi connectivity index (χ2n) is 7.26. The van der Waals surface area contributed by atoms with Crippen molar-refractivity contribution in [1.82, 2.24) is 5.32 Å². The number of hydrogen-bond acceptors (Lipinski definition) is 8. The third kappa shape index (κ3) is 6.32. The highest BCUT2D eigenvalue weighted by atomic mass is 32.2. The van der Waals surface area contributed by atoms with Gasteiger partial charge in [0.15, 0.2) is 5.17 Å². The molecule has 2 aromatic rings. The van der Waals surface area contributed by atoms with Crippen molar-refractivity contribution in [2.24, 2.45) is 4.99 Å². The van der Waals surface area contributed by atoms with Crippen LogP contribution in [0.4, 0.5) is 5.69 Å². The van der Waals surface area contributed by atoms with Crippen LogP contribution in [0, 0.1) is 0 Å². The number of para-hydroxylation sites is 1. The Morgan fingerprint density at radius 1 is 1.09 bits per heavy atom. The number of thioether (sulfide) groups is 1. The molecule has 0 unspecified atom stereocenters. The second kappa shape index (κ2) is 12.1. The number of anilines is 1.